The minimum atomic E-state index is 0.0212. The average molecular weight is 331 g/mol. The monoisotopic (exact) mass is 330 g/mol. The van der Waals surface area contributed by atoms with Crippen LogP contribution in [0.25, 0.3) is 11.0 Å². The molecule has 0 fully saturated rings. The molecule has 0 aliphatic heterocycles. The van der Waals surface area contributed by atoms with Gasteiger partial charge in [-0.05, 0) is 30.2 Å². The van der Waals surface area contributed by atoms with E-state index >= 15 is 0 Å². The summed E-state index contributed by atoms with van der Waals surface area (Å²) in [6, 6.07) is 16.3. The molecule has 1 aromatic heterocycles. The Morgan fingerprint density at radius 1 is 1.15 bits per heavy atom. The molecule has 102 valence electrons. The molecular formula is C16H15BrN2O. The highest BCUT2D eigenvalue weighted by Crippen LogP contribution is 2.28. The van der Waals surface area contributed by atoms with Crippen LogP contribution in [0.1, 0.15) is 17.2 Å². The molecule has 0 bridgehead atoms. The van der Waals surface area contributed by atoms with Crippen LogP contribution in [0.4, 0.5) is 0 Å². The van der Waals surface area contributed by atoms with Crippen molar-refractivity contribution in [3.8, 4) is 0 Å². The van der Waals surface area contributed by atoms with Gasteiger partial charge in [-0.3, -0.25) is 11.3 Å². The van der Waals surface area contributed by atoms with Crippen molar-refractivity contribution in [1.82, 2.24) is 5.43 Å². The van der Waals surface area contributed by atoms with Gasteiger partial charge in [-0.15, -0.1) is 0 Å². The summed E-state index contributed by atoms with van der Waals surface area (Å²) in [7, 11) is 0. The quantitative estimate of drug-likeness (QED) is 0.562. The van der Waals surface area contributed by atoms with Gasteiger partial charge in [0.2, 0.25) is 0 Å². The zero-order valence-corrected chi connectivity index (χ0v) is 12.4. The van der Waals surface area contributed by atoms with E-state index in [2.05, 4.69) is 39.6 Å². The van der Waals surface area contributed by atoms with Crippen LogP contribution in [-0.2, 0) is 6.42 Å². The van der Waals surface area contributed by atoms with Crippen molar-refractivity contribution in [3.63, 3.8) is 0 Å². The summed E-state index contributed by atoms with van der Waals surface area (Å²) in [5, 5.41) is 1.10. The molecule has 1 heterocycles. The summed E-state index contributed by atoms with van der Waals surface area (Å²) in [5.74, 6) is 5.74. The lowest BCUT2D eigenvalue weighted by atomic mass is 9.99. The van der Waals surface area contributed by atoms with Crippen LogP contribution in [-0.4, -0.2) is 0 Å². The topological polar surface area (TPSA) is 51.2 Å². The van der Waals surface area contributed by atoms with Crippen molar-refractivity contribution in [2.75, 3.05) is 0 Å². The Bertz CT molecular complexity index is 723. The second kappa shape index (κ2) is 5.79. The molecular weight excluding hydrogens is 316 g/mol. The molecule has 1 unspecified atom stereocenters. The maximum Gasteiger partial charge on any atom is 0.134 e. The van der Waals surface area contributed by atoms with Gasteiger partial charge in [0.1, 0.15) is 5.58 Å². The first-order chi connectivity index (χ1) is 9.78. The lowest BCUT2D eigenvalue weighted by molar-refractivity contribution is 0.536. The maximum absolute atomic E-state index is 5.74. The standard InChI is InChI=1S/C16H15BrN2O/c17-12-5-3-4-11(8-12)9-15(19-18)14-10-20-16-7-2-1-6-13(14)16/h1-8,10,15,19H,9,18H2. The molecule has 20 heavy (non-hydrogen) atoms. The van der Waals surface area contributed by atoms with Crippen LogP contribution >= 0.6 is 15.9 Å². The summed E-state index contributed by atoms with van der Waals surface area (Å²) < 4.78 is 6.66. The van der Waals surface area contributed by atoms with E-state index in [1.165, 1.54) is 5.56 Å². The number of para-hydroxylation sites is 1. The molecule has 3 nitrogen and oxygen atoms in total. The van der Waals surface area contributed by atoms with E-state index in [9.17, 15) is 0 Å². The summed E-state index contributed by atoms with van der Waals surface area (Å²) in [5.41, 5.74) is 6.08. The summed E-state index contributed by atoms with van der Waals surface area (Å²) >= 11 is 3.49. The second-order valence-corrected chi connectivity index (χ2v) is 5.66. The minimum absolute atomic E-state index is 0.0212. The van der Waals surface area contributed by atoms with Crippen LogP contribution in [0, 0.1) is 0 Å². The number of benzene rings is 2. The number of furan rings is 1. The number of nitrogens with one attached hydrogen (secondary N) is 1. The van der Waals surface area contributed by atoms with E-state index in [0.29, 0.717) is 0 Å². The highest BCUT2D eigenvalue weighted by atomic mass is 79.9. The first-order valence-electron chi connectivity index (χ1n) is 6.44. The fraction of sp³-hybridized carbons (Fsp3) is 0.125. The van der Waals surface area contributed by atoms with Crippen LogP contribution in [0.15, 0.2) is 63.7 Å². The van der Waals surface area contributed by atoms with Crippen molar-refractivity contribution in [2.45, 2.75) is 12.5 Å². The summed E-state index contributed by atoms with van der Waals surface area (Å²) in [4.78, 5) is 0. The Labute approximate surface area is 125 Å². The normalized spacial score (nSPS) is 12.7. The van der Waals surface area contributed by atoms with E-state index in [1.54, 1.807) is 6.26 Å². The van der Waals surface area contributed by atoms with Crippen LogP contribution in [0.5, 0.6) is 0 Å². The Morgan fingerprint density at radius 3 is 2.80 bits per heavy atom. The van der Waals surface area contributed by atoms with Gasteiger partial charge in [0.15, 0.2) is 0 Å². The molecule has 3 aromatic rings. The third-order valence-electron chi connectivity index (χ3n) is 3.42. The molecule has 2 aromatic carbocycles. The van der Waals surface area contributed by atoms with Crippen LogP contribution in [0.2, 0.25) is 0 Å². The van der Waals surface area contributed by atoms with E-state index in [1.807, 2.05) is 30.3 Å². The van der Waals surface area contributed by atoms with Crippen molar-refractivity contribution in [3.05, 3.63) is 70.4 Å². The zero-order chi connectivity index (χ0) is 13.9. The largest absolute Gasteiger partial charge is 0.464 e. The molecule has 4 heteroatoms. The number of nitrogens with two attached hydrogens (primary N) is 1. The Hall–Kier alpha value is -1.62. The molecule has 0 spiro atoms. The number of hydrogen-bond donors (Lipinski definition) is 2. The van der Waals surface area contributed by atoms with Crippen molar-refractivity contribution >= 4 is 26.9 Å². The molecule has 0 saturated carbocycles. The Kier molecular flexibility index (Phi) is 3.87. The predicted molar refractivity (Wildman–Crippen MR) is 84.1 cm³/mol. The third-order valence-corrected chi connectivity index (χ3v) is 3.91. The predicted octanol–water partition coefficient (Wildman–Crippen LogP) is 3.94. The van der Waals surface area contributed by atoms with Crippen LogP contribution < -0.4 is 11.3 Å². The van der Waals surface area contributed by atoms with Gasteiger partial charge >= 0.3 is 0 Å². The fourth-order valence-corrected chi connectivity index (χ4v) is 2.87. The molecule has 0 saturated heterocycles. The van der Waals surface area contributed by atoms with Crippen molar-refractivity contribution < 1.29 is 4.42 Å². The molecule has 0 radical (unpaired) electrons. The number of fused-ring (bicyclic) bond motifs is 1. The Balaban J connectivity index is 1.93. The average Bonchev–Trinajstić information content (AvgIpc) is 2.89. The SMILES string of the molecule is NNC(Cc1cccc(Br)c1)c1coc2ccccc12. The van der Waals surface area contributed by atoms with Gasteiger partial charge in [-0.1, -0.05) is 46.3 Å². The third kappa shape index (κ3) is 2.63. The van der Waals surface area contributed by atoms with Crippen molar-refractivity contribution in [2.24, 2.45) is 5.84 Å². The lowest BCUT2D eigenvalue weighted by Crippen LogP contribution is -2.29. The molecule has 3 rings (SSSR count). The van der Waals surface area contributed by atoms with E-state index < -0.39 is 0 Å². The summed E-state index contributed by atoms with van der Waals surface area (Å²) in [6.45, 7) is 0. The van der Waals surface area contributed by atoms with E-state index in [0.717, 1.165) is 27.4 Å². The van der Waals surface area contributed by atoms with Crippen molar-refractivity contribution in [1.29, 1.82) is 0 Å². The van der Waals surface area contributed by atoms with E-state index in [4.69, 9.17) is 10.3 Å². The first kappa shape index (κ1) is 13.4. The number of hydrogen-bond acceptors (Lipinski definition) is 3. The maximum atomic E-state index is 5.74. The van der Waals surface area contributed by atoms with Gasteiger partial charge in [0.25, 0.3) is 0 Å². The number of rotatable bonds is 4. The number of halogens is 1. The minimum Gasteiger partial charge on any atom is -0.464 e. The van der Waals surface area contributed by atoms with Gasteiger partial charge in [0.05, 0.1) is 12.3 Å². The molecule has 0 amide bonds. The lowest BCUT2D eigenvalue weighted by Gasteiger charge is -2.15. The molecule has 0 aliphatic rings. The van der Waals surface area contributed by atoms with Gasteiger partial charge < -0.3 is 4.42 Å². The fourth-order valence-electron chi connectivity index (χ4n) is 2.43. The first-order valence-corrected chi connectivity index (χ1v) is 7.24. The smallest absolute Gasteiger partial charge is 0.134 e. The second-order valence-electron chi connectivity index (χ2n) is 4.74. The van der Waals surface area contributed by atoms with Gasteiger partial charge in [-0.2, -0.15) is 0 Å². The van der Waals surface area contributed by atoms with Gasteiger partial charge in [-0.25, -0.2) is 0 Å². The highest BCUT2D eigenvalue weighted by Gasteiger charge is 2.16. The zero-order valence-electron chi connectivity index (χ0n) is 10.8. The molecule has 0 aliphatic carbocycles. The van der Waals surface area contributed by atoms with E-state index in [-0.39, 0.29) is 6.04 Å². The van der Waals surface area contributed by atoms with Gasteiger partial charge in [0, 0.05) is 15.4 Å². The molecule has 3 N–H and O–H groups in total. The number of hydrazine groups is 1. The highest BCUT2D eigenvalue weighted by molar-refractivity contribution is 9.10. The Morgan fingerprint density at radius 2 is 2.00 bits per heavy atom. The molecule has 1 atom stereocenters. The summed E-state index contributed by atoms with van der Waals surface area (Å²) in [6.07, 6.45) is 2.59. The van der Waals surface area contributed by atoms with Crippen LogP contribution in [0.3, 0.4) is 0 Å².